The molecule has 0 spiro atoms. The van der Waals surface area contributed by atoms with Crippen molar-refractivity contribution in [2.45, 2.75) is 82.3 Å². The second kappa shape index (κ2) is 12.4. The van der Waals surface area contributed by atoms with E-state index < -0.39 is 0 Å². The van der Waals surface area contributed by atoms with Gasteiger partial charge in [-0.1, -0.05) is 80.8 Å². The molecule has 4 nitrogen and oxygen atoms in total. The highest BCUT2D eigenvalue weighted by atomic mass is 16.5. The zero-order valence-corrected chi connectivity index (χ0v) is 19.7. The van der Waals surface area contributed by atoms with Crippen LogP contribution < -0.4 is 0 Å². The van der Waals surface area contributed by atoms with E-state index in [2.05, 4.69) is 55.5 Å². The van der Waals surface area contributed by atoms with Crippen LogP contribution >= 0.6 is 0 Å². The molecule has 1 aliphatic carbocycles. The lowest BCUT2D eigenvalue weighted by atomic mass is 9.69. The van der Waals surface area contributed by atoms with Crippen molar-refractivity contribution in [3.05, 3.63) is 60.2 Å². The molecule has 0 amide bonds. The van der Waals surface area contributed by atoms with Crippen LogP contribution in [0.5, 0.6) is 0 Å². The predicted molar refractivity (Wildman–Crippen MR) is 128 cm³/mol. The molecule has 1 saturated heterocycles. The van der Waals surface area contributed by atoms with Gasteiger partial charge in [-0.3, -0.25) is 4.79 Å². The zero-order chi connectivity index (χ0) is 22.8. The van der Waals surface area contributed by atoms with Gasteiger partial charge in [0.05, 0.1) is 25.9 Å². The van der Waals surface area contributed by atoms with Crippen molar-refractivity contribution in [1.29, 1.82) is 0 Å². The molecule has 1 aliphatic heterocycles. The number of ether oxygens (including phenoxy) is 2. The Morgan fingerprint density at radius 1 is 1.25 bits per heavy atom. The fourth-order valence-corrected chi connectivity index (χ4v) is 5.48. The molecule has 1 saturated carbocycles. The van der Waals surface area contributed by atoms with Crippen LogP contribution in [0.4, 0.5) is 0 Å². The summed E-state index contributed by atoms with van der Waals surface area (Å²) in [5.41, 5.74) is 1.40. The van der Waals surface area contributed by atoms with Crippen LogP contribution in [0, 0.1) is 11.8 Å². The molecule has 1 aromatic rings. The highest BCUT2D eigenvalue weighted by molar-refractivity contribution is 5.69. The van der Waals surface area contributed by atoms with Crippen LogP contribution in [0.15, 0.2) is 54.6 Å². The minimum Gasteiger partial charge on any atom is -0.469 e. The van der Waals surface area contributed by atoms with Crippen LogP contribution in [0.3, 0.4) is 0 Å². The molecule has 2 aliphatic rings. The van der Waals surface area contributed by atoms with Gasteiger partial charge in [0.2, 0.25) is 0 Å². The molecule has 1 N–H and O–H groups in total. The Hall–Kier alpha value is -1.91. The third kappa shape index (κ3) is 6.11. The van der Waals surface area contributed by atoms with E-state index in [0.717, 1.165) is 45.1 Å². The number of methoxy groups -OCH3 is 1. The van der Waals surface area contributed by atoms with Crippen molar-refractivity contribution in [3.8, 4) is 0 Å². The fourth-order valence-electron chi connectivity index (χ4n) is 5.48. The van der Waals surface area contributed by atoms with Crippen LogP contribution in [0.1, 0.15) is 70.3 Å². The smallest absolute Gasteiger partial charge is 0.305 e. The maximum absolute atomic E-state index is 11.3. The first-order valence-corrected chi connectivity index (χ1v) is 12.4. The molecule has 0 unspecified atom stereocenters. The standard InChI is InChI=1S/C28H40O4/c1-3-4-8-15-23(29)18-19-24-25(16-11-5-6-12-17-27(30)31-2)28(20-26(24)32-21-28)22-13-9-7-10-14-22/h5,7,9-11,13-14,18-19,23-26,29H,3-4,6,8,12,15-17,20-21H2,1-2H3/b11-5-,19-18+/t23-,24-,25-,26-,28+/m0/s1. The van der Waals surface area contributed by atoms with Crippen molar-refractivity contribution in [2.75, 3.05) is 13.7 Å². The molecule has 2 bridgehead atoms. The van der Waals surface area contributed by atoms with Gasteiger partial charge in [-0.15, -0.1) is 0 Å². The first kappa shape index (κ1) is 24.7. The average Bonchev–Trinajstić information content (AvgIpc) is 3.38. The molecular formula is C28H40O4. The lowest BCUT2D eigenvalue weighted by molar-refractivity contribution is -0.140. The van der Waals surface area contributed by atoms with E-state index in [1.807, 2.05) is 6.08 Å². The highest BCUT2D eigenvalue weighted by Crippen LogP contribution is 2.57. The Bertz CT molecular complexity index is 756. The van der Waals surface area contributed by atoms with Crippen LogP contribution in [0.2, 0.25) is 0 Å². The molecular weight excluding hydrogens is 400 g/mol. The maximum Gasteiger partial charge on any atom is 0.305 e. The number of rotatable bonds is 13. The average molecular weight is 441 g/mol. The van der Waals surface area contributed by atoms with Gasteiger partial charge < -0.3 is 14.6 Å². The Labute approximate surface area is 193 Å². The molecule has 1 aromatic carbocycles. The first-order chi connectivity index (χ1) is 15.6. The van der Waals surface area contributed by atoms with Crippen molar-refractivity contribution >= 4 is 5.97 Å². The van der Waals surface area contributed by atoms with Crippen molar-refractivity contribution in [1.82, 2.24) is 0 Å². The monoisotopic (exact) mass is 440 g/mol. The van der Waals surface area contributed by atoms with Crippen molar-refractivity contribution < 1.29 is 19.4 Å². The number of benzene rings is 1. The van der Waals surface area contributed by atoms with E-state index in [-0.39, 0.29) is 23.6 Å². The molecule has 0 aromatic heterocycles. The SMILES string of the molecule is CCCCC[C@H](O)/C=C/[C@@H]1[C@@H]2C[C@](c3ccccc3)(CO2)[C@H]1C/C=C\CCCC(=O)OC. The third-order valence-corrected chi connectivity index (χ3v) is 7.27. The lowest BCUT2D eigenvalue weighted by Gasteiger charge is -2.38. The summed E-state index contributed by atoms with van der Waals surface area (Å²) in [5.74, 6) is 0.610. The summed E-state index contributed by atoms with van der Waals surface area (Å²) < 4.78 is 11.0. The first-order valence-electron chi connectivity index (χ1n) is 12.4. The Balaban J connectivity index is 1.69. The Morgan fingerprint density at radius 2 is 2.06 bits per heavy atom. The van der Waals surface area contributed by atoms with Gasteiger partial charge in [0.25, 0.3) is 0 Å². The van der Waals surface area contributed by atoms with E-state index in [4.69, 9.17) is 9.47 Å². The van der Waals surface area contributed by atoms with Crippen LogP contribution in [-0.2, 0) is 19.7 Å². The van der Waals surface area contributed by atoms with Crippen molar-refractivity contribution in [3.63, 3.8) is 0 Å². The number of aliphatic hydroxyl groups is 1. The summed E-state index contributed by atoms with van der Waals surface area (Å²) in [6.45, 7) is 2.96. The normalized spacial score (nSPS) is 28.0. The molecule has 3 rings (SSSR count). The number of fused-ring (bicyclic) bond motifs is 2. The van der Waals surface area contributed by atoms with Crippen LogP contribution in [-0.4, -0.2) is 37.0 Å². The highest BCUT2D eigenvalue weighted by Gasteiger charge is 2.58. The molecule has 176 valence electrons. The van der Waals surface area contributed by atoms with Crippen molar-refractivity contribution in [2.24, 2.45) is 11.8 Å². The number of hydrogen-bond donors (Lipinski definition) is 1. The summed E-state index contributed by atoms with van der Waals surface area (Å²) >= 11 is 0. The topological polar surface area (TPSA) is 55.8 Å². The molecule has 1 heterocycles. The maximum atomic E-state index is 11.3. The van der Waals surface area contributed by atoms with Gasteiger partial charge in [0.1, 0.15) is 0 Å². The quantitative estimate of drug-likeness (QED) is 0.241. The zero-order valence-electron chi connectivity index (χ0n) is 19.7. The van der Waals surface area contributed by atoms with E-state index in [1.165, 1.54) is 25.5 Å². The number of hydrogen-bond acceptors (Lipinski definition) is 4. The lowest BCUT2D eigenvalue weighted by Crippen LogP contribution is -2.39. The summed E-state index contributed by atoms with van der Waals surface area (Å²) in [7, 11) is 1.44. The Kier molecular flexibility index (Phi) is 9.55. The number of unbranched alkanes of at least 4 members (excludes halogenated alkanes) is 3. The second-order valence-corrected chi connectivity index (χ2v) is 9.38. The summed E-state index contributed by atoms with van der Waals surface area (Å²) in [6, 6.07) is 10.8. The summed E-state index contributed by atoms with van der Waals surface area (Å²) in [5, 5.41) is 10.4. The summed E-state index contributed by atoms with van der Waals surface area (Å²) in [6.07, 6.45) is 17.0. The molecule has 32 heavy (non-hydrogen) atoms. The number of carbonyl (C=O) groups is 1. The molecule has 5 atom stereocenters. The molecule has 4 heteroatoms. The number of esters is 1. The van der Waals surface area contributed by atoms with E-state index in [1.54, 1.807) is 0 Å². The minimum absolute atomic E-state index is 0.0322. The third-order valence-electron chi connectivity index (χ3n) is 7.27. The number of carbonyl (C=O) groups excluding carboxylic acids is 1. The minimum atomic E-state index is -0.372. The second-order valence-electron chi connectivity index (χ2n) is 9.38. The predicted octanol–water partition coefficient (Wildman–Crippen LogP) is 5.75. The Morgan fingerprint density at radius 3 is 2.81 bits per heavy atom. The van der Waals surface area contributed by atoms with Gasteiger partial charge in [-0.05, 0) is 43.6 Å². The van der Waals surface area contributed by atoms with E-state index >= 15 is 0 Å². The van der Waals surface area contributed by atoms with Gasteiger partial charge in [0, 0.05) is 17.8 Å². The van der Waals surface area contributed by atoms with E-state index in [0.29, 0.717) is 18.3 Å². The largest absolute Gasteiger partial charge is 0.469 e. The number of allylic oxidation sites excluding steroid dienone is 2. The number of aliphatic hydroxyl groups excluding tert-OH is 1. The fraction of sp³-hybridized carbons (Fsp3) is 0.607. The van der Waals surface area contributed by atoms with Gasteiger partial charge in [0.15, 0.2) is 0 Å². The molecule has 0 radical (unpaired) electrons. The van der Waals surface area contributed by atoms with Gasteiger partial charge >= 0.3 is 5.97 Å². The summed E-state index contributed by atoms with van der Waals surface area (Å²) in [4.78, 5) is 11.3. The van der Waals surface area contributed by atoms with E-state index in [9.17, 15) is 9.90 Å². The van der Waals surface area contributed by atoms with Gasteiger partial charge in [-0.25, -0.2) is 0 Å². The molecule has 2 fully saturated rings. The van der Waals surface area contributed by atoms with Crippen LogP contribution in [0.25, 0.3) is 0 Å². The van der Waals surface area contributed by atoms with Gasteiger partial charge in [-0.2, -0.15) is 0 Å².